The molecule has 0 aliphatic carbocycles. The summed E-state index contributed by atoms with van der Waals surface area (Å²) in [5.74, 6) is -10.6. The van der Waals surface area contributed by atoms with E-state index in [9.17, 15) is 77.2 Å². The molecule has 0 spiro atoms. The van der Waals surface area contributed by atoms with E-state index in [1.807, 2.05) is 32.4 Å². The summed E-state index contributed by atoms with van der Waals surface area (Å²) in [6.45, 7) is 16.6. The maximum absolute atomic E-state index is 14.9. The second-order valence-electron chi connectivity index (χ2n) is 28.2. The van der Waals surface area contributed by atoms with E-state index in [1.54, 1.807) is 24.3 Å². The van der Waals surface area contributed by atoms with E-state index in [4.69, 9.17) is 99.0 Å². The van der Waals surface area contributed by atoms with Crippen molar-refractivity contribution in [2.75, 3.05) is 139 Å². The fraction of sp³-hybridized carbons (Fsp3) is 0.718. The van der Waals surface area contributed by atoms with E-state index < -0.39 is 222 Å². The molecule has 46 heteroatoms. The fourth-order valence-corrected chi connectivity index (χ4v) is 13.9. The Balaban J connectivity index is 1.97. The number of carbonyl (C=O) groups excluding carboxylic acids is 15. The highest BCUT2D eigenvalue weighted by atomic mass is 31.2. The van der Waals surface area contributed by atoms with Crippen LogP contribution in [-0.2, 0) is 173 Å². The van der Waals surface area contributed by atoms with Crippen LogP contribution in [0.1, 0.15) is 123 Å². The van der Waals surface area contributed by atoms with Crippen LogP contribution in [0.15, 0.2) is 24.3 Å². The predicted molar refractivity (Wildman–Crippen MR) is 426 cm³/mol. The molecule has 0 radical (unpaired) electrons. The van der Waals surface area contributed by atoms with Gasteiger partial charge in [-0.15, -0.1) is 0 Å². The number of ether oxygens (including phenoxy) is 19. The molecule has 2 fully saturated rings. The smallest absolute Gasteiger partial charge is 0.321 e. The average molecular weight is 1790 g/mol. The molecule has 0 bridgehead atoms. The first-order valence-electron chi connectivity index (χ1n) is 39.9. The van der Waals surface area contributed by atoms with Crippen molar-refractivity contribution in [1.82, 2.24) is 41.5 Å². The lowest BCUT2D eigenvalue weighted by Gasteiger charge is -2.44. The van der Waals surface area contributed by atoms with Gasteiger partial charge in [0.05, 0.1) is 111 Å². The summed E-state index contributed by atoms with van der Waals surface area (Å²) in [6, 6.07) is 4.82. The first-order valence-corrected chi connectivity index (χ1v) is 41.0. The van der Waals surface area contributed by atoms with Gasteiger partial charge in [-0.1, -0.05) is 12.1 Å². The fourth-order valence-electron chi connectivity index (χ4n) is 12.3. The lowest BCUT2D eigenvalue weighted by Crippen LogP contribution is -2.66. The minimum Gasteiger partial charge on any atom is -0.463 e. The summed E-state index contributed by atoms with van der Waals surface area (Å²) in [4.78, 5) is 192. The number of hydrogen-bond acceptors (Lipinski definition) is 39. The van der Waals surface area contributed by atoms with Crippen molar-refractivity contribution in [3.63, 3.8) is 0 Å². The number of hydrogen-bond donors (Lipinski definition) is 6. The summed E-state index contributed by atoms with van der Waals surface area (Å²) in [6.07, 6.45) is -16.6. The first-order chi connectivity index (χ1) is 58.7. The topological polar surface area (TPSA) is 552 Å². The Morgan fingerprint density at radius 3 is 1.31 bits per heavy atom. The lowest BCUT2D eigenvalue weighted by molar-refractivity contribution is -0.279. The normalized spacial score (nSPS) is 20.0. The van der Waals surface area contributed by atoms with Crippen molar-refractivity contribution in [2.24, 2.45) is 0 Å². The van der Waals surface area contributed by atoms with Gasteiger partial charge in [-0.25, -0.2) is 4.67 Å². The zero-order valence-electron chi connectivity index (χ0n) is 73.2. The monoisotopic (exact) mass is 1790 g/mol. The van der Waals surface area contributed by atoms with Crippen LogP contribution < -0.4 is 36.4 Å². The van der Waals surface area contributed by atoms with E-state index in [2.05, 4.69) is 38.0 Å². The second-order valence-corrected chi connectivity index (χ2v) is 29.6. The Morgan fingerprint density at radius 2 is 0.903 bits per heavy atom. The molecular weight excluding hydrogens is 1670 g/mol. The summed E-state index contributed by atoms with van der Waals surface area (Å²) in [7, 11) is -0.541. The van der Waals surface area contributed by atoms with Crippen molar-refractivity contribution in [2.45, 2.75) is 228 Å². The quantitative estimate of drug-likeness (QED) is 0.0153. The number of nitrogens with zero attached hydrogens (tertiary/aromatic N) is 3. The number of rotatable bonds is 59. The van der Waals surface area contributed by atoms with Crippen LogP contribution in [0.25, 0.3) is 0 Å². The Morgan fingerprint density at radius 1 is 0.484 bits per heavy atom. The molecule has 16 atom stereocenters. The molecule has 700 valence electrons. The van der Waals surface area contributed by atoms with Crippen LogP contribution in [-0.4, -0.2) is 342 Å². The molecule has 16 unspecified atom stereocenters. The van der Waals surface area contributed by atoms with Crippen LogP contribution in [0.3, 0.4) is 0 Å². The van der Waals surface area contributed by atoms with Gasteiger partial charge >= 0.3 is 62.2 Å². The van der Waals surface area contributed by atoms with E-state index in [0.717, 1.165) is 69.2 Å². The third-order valence-electron chi connectivity index (χ3n) is 17.1. The maximum atomic E-state index is 14.9. The summed E-state index contributed by atoms with van der Waals surface area (Å²) in [5.41, 5.74) is 0.514. The van der Waals surface area contributed by atoms with Gasteiger partial charge in [-0.3, -0.25) is 76.8 Å². The van der Waals surface area contributed by atoms with Gasteiger partial charge in [0.25, 0.3) is 0 Å². The molecular formula is C78H122N9O36P. The zero-order chi connectivity index (χ0) is 92.5. The zero-order valence-corrected chi connectivity index (χ0v) is 74.1. The SMILES string of the molecule is COC(COC(C)=O)C(OC(C)=O)C(OC(C)=O)C(NC(C)=O)OCCOCCNC(=O)C(Cc1ccc(OP(OCCC#N)N(C(C)C)C(C)C)cc1)N(CC(=O)NCCOCCOCCOC1OC(COC(C)=O)C(OC(C)=O)C(OC(C)=O)C1NC(C)=O)CC(=O)NCCOCCOC1OC(COC(C)=O)C(OC(C)=O)C(OC(C)=O)C1NC(C)=O. The predicted octanol–water partition coefficient (Wildman–Crippen LogP) is -0.765. The van der Waals surface area contributed by atoms with Crippen LogP contribution in [0.5, 0.6) is 5.75 Å². The summed E-state index contributed by atoms with van der Waals surface area (Å²) in [5, 5.41) is 25.4. The number of benzene rings is 1. The van der Waals surface area contributed by atoms with Gasteiger partial charge in [0.2, 0.25) is 35.4 Å². The van der Waals surface area contributed by atoms with Crippen molar-refractivity contribution in [1.29, 1.82) is 5.26 Å². The molecule has 2 aliphatic rings. The largest absolute Gasteiger partial charge is 0.463 e. The molecule has 1 aromatic rings. The molecule has 45 nitrogen and oxygen atoms in total. The van der Waals surface area contributed by atoms with Crippen molar-refractivity contribution < 1.29 is 171 Å². The maximum Gasteiger partial charge on any atom is 0.321 e. The molecule has 124 heavy (non-hydrogen) atoms. The number of carbonyl (C=O) groups is 15. The molecule has 2 aliphatic heterocycles. The van der Waals surface area contributed by atoms with Gasteiger partial charge in [-0.2, -0.15) is 5.26 Å². The Hall–Kier alpha value is -9.53. The molecule has 2 heterocycles. The Bertz CT molecular complexity index is 3590. The average Bonchev–Trinajstić information content (AvgIpc) is 0.788. The van der Waals surface area contributed by atoms with Crippen molar-refractivity contribution >= 4 is 97.7 Å². The summed E-state index contributed by atoms with van der Waals surface area (Å²) < 4.78 is 122. The highest BCUT2D eigenvalue weighted by molar-refractivity contribution is 7.45. The molecule has 6 amide bonds. The standard InChI is InChI=1S/C78H122N9O36P/c1-45(2)87(46(3)4)124(114-27-18-23-79)123-60-21-19-59(20-22-60)39-61(75(102)82-26-30-106-33-36-108-76(85-49(7)90)74(120-58(16)99)69(115-53(11)94)62(103-17)42-111-50(8)91)86(41-66(101)81-25-29-105-34-37-109-77-67(83-47(5)88)72(118-56(14)97)70(116-54(12)95)63(121-77)43-112-51(9)92)40-65(100)80-24-28-104-31-32-107-35-38-110-78-68(84-48(6)89)73(119-57(15)98)71(117-55(13)96)64(122-78)44-113-52(10)93/h19-22,45-46,61-64,67-74,76-78H,18,24-44H2,1-17H3,(H,80,100)(H,81,101)(H,82,102)(H,83,88)(H,84,89)(H,85,90). The van der Waals surface area contributed by atoms with Crippen LogP contribution in [0, 0.1) is 11.3 Å². The van der Waals surface area contributed by atoms with Gasteiger partial charge in [0.1, 0.15) is 56.0 Å². The van der Waals surface area contributed by atoms with Crippen molar-refractivity contribution in [3.05, 3.63) is 29.8 Å². The van der Waals surface area contributed by atoms with Gasteiger partial charge in [0.15, 0.2) is 55.4 Å². The Kier molecular flexibility index (Phi) is 52.0. The van der Waals surface area contributed by atoms with Crippen LogP contribution in [0.2, 0.25) is 0 Å². The molecule has 6 N–H and O–H groups in total. The van der Waals surface area contributed by atoms with Crippen molar-refractivity contribution in [3.8, 4) is 11.8 Å². The number of nitrogens with one attached hydrogen (secondary N) is 6. The number of methoxy groups -OCH3 is 1. The molecule has 1 aromatic carbocycles. The third kappa shape index (κ3) is 43.4. The molecule has 2 saturated heterocycles. The number of nitriles is 1. The molecule has 0 aromatic heterocycles. The van der Waals surface area contributed by atoms with E-state index in [1.165, 1.54) is 25.9 Å². The van der Waals surface area contributed by atoms with Crippen LogP contribution in [0.4, 0.5) is 0 Å². The highest BCUT2D eigenvalue weighted by Crippen LogP contribution is 2.46. The minimum absolute atomic E-state index is 0.0161. The molecule has 0 saturated carbocycles. The van der Waals surface area contributed by atoms with E-state index >= 15 is 0 Å². The third-order valence-corrected chi connectivity index (χ3v) is 19.1. The number of esters is 9. The van der Waals surface area contributed by atoms with Crippen LogP contribution >= 0.6 is 8.53 Å². The first kappa shape index (κ1) is 109. The van der Waals surface area contributed by atoms with Gasteiger partial charge < -0.3 is 131 Å². The molecule has 3 rings (SSSR count). The van der Waals surface area contributed by atoms with E-state index in [0.29, 0.717) is 11.3 Å². The van der Waals surface area contributed by atoms with Gasteiger partial charge in [0, 0.05) is 122 Å². The van der Waals surface area contributed by atoms with Gasteiger partial charge in [-0.05, 0) is 51.8 Å². The highest BCUT2D eigenvalue weighted by Gasteiger charge is 2.53. The second kappa shape index (κ2) is 59.4. The minimum atomic E-state index is -1.76. The Labute approximate surface area is 720 Å². The lowest BCUT2D eigenvalue weighted by atomic mass is 9.96. The number of amides is 6. The van der Waals surface area contributed by atoms with E-state index in [-0.39, 0.29) is 124 Å². The summed E-state index contributed by atoms with van der Waals surface area (Å²) >= 11 is 0.